The van der Waals surface area contributed by atoms with E-state index in [4.69, 9.17) is 5.26 Å². The molecule has 0 spiro atoms. The van der Waals surface area contributed by atoms with Crippen molar-refractivity contribution in [1.29, 1.82) is 5.26 Å². The second-order valence-corrected chi connectivity index (χ2v) is 4.58. The predicted molar refractivity (Wildman–Crippen MR) is 61.7 cm³/mol. The topological polar surface area (TPSA) is 35.8 Å². The van der Waals surface area contributed by atoms with Gasteiger partial charge in [-0.15, -0.1) is 0 Å². The largest absolute Gasteiger partial charge is 0.381 e. The molecular weight excluding hydrogens is 184 g/mol. The SMILES string of the molecule is Cc1ccc(NC2CC(C)C2)c(C#N)c1. The van der Waals surface area contributed by atoms with Gasteiger partial charge in [0.2, 0.25) is 0 Å². The lowest BCUT2D eigenvalue weighted by molar-refractivity contribution is 0.309. The van der Waals surface area contributed by atoms with E-state index in [-0.39, 0.29) is 0 Å². The van der Waals surface area contributed by atoms with E-state index in [1.807, 2.05) is 25.1 Å². The summed E-state index contributed by atoms with van der Waals surface area (Å²) in [4.78, 5) is 0. The minimum Gasteiger partial charge on any atom is -0.381 e. The van der Waals surface area contributed by atoms with E-state index < -0.39 is 0 Å². The van der Waals surface area contributed by atoms with Gasteiger partial charge in [-0.1, -0.05) is 13.0 Å². The first kappa shape index (κ1) is 10.0. The highest BCUT2D eigenvalue weighted by Crippen LogP contribution is 2.30. The maximum Gasteiger partial charge on any atom is 0.101 e. The van der Waals surface area contributed by atoms with Crippen molar-refractivity contribution in [2.45, 2.75) is 32.7 Å². The van der Waals surface area contributed by atoms with Gasteiger partial charge in [-0.2, -0.15) is 5.26 Å². The molecule has 1 fully saturated rings. The van der Waals surface area contributed by atoms with Crippen LogP contribution in [0.2, 0.25) is 0 Å². The average Bonchev–Trinajstić information content (AvgIpc) is 2.18. The Balaban J connectivity index is 2.11. The molecule has 0 heterocycles. The van der Waals surface area contributed by atoms with Crippen LogP contribution in [0.4, 0.5) is 5.69 Å². The lowest BCUT2D eigenvalue weighted by Gasteiger charge is -2.34. The molecular formula is C13H16N2. The molecule has 1 saturated carbocycles. The molecule has 0 bridgehead atoms. The molecule has 0 amide bonds. The van der Waals surface area contributed by atoms with Crippen molar-refractivity contribution in [2.24, 2.45) is 5.92 Å². The number of aryl methyl sites for hydroxylation is 1. The van der Waals surface area contributed by atoms with Crippen molar-refractivity contribution in [2.75, 3.05) is 5.32 Å². The van der Waals surface area contributed by atoms with Crippen molar-refractivity contribution in [3.05, 3.63) is 29.3 Å². The third-order valence-corrected chi connectivity index (χ3v) is 3.03. The van der Waals surface area contributed by atoms with Gasteiger partial charge in [0, 0.05) is 6.04 Å². The highest BCUT2D eigenvalue weighted by atomic mass is 14.9. The molecule has 1 aromatic rings. The van der Waals surface area contributed by atoms with E-state index >= 15 is 0 Å². The van der Waals surface area contributed by atoms with Crippen LogP contribution in [0.15, 0.2) is 18.2 Å². The van der Waals surface area contributed by atoms with Crippen LogP contribution in [0, 0.1) is 24.2 Å². The Hall–Kier alpha value is -1.49. The molecule has 0 unspecified atom stereocenters. The summed E-state index contributed by atoms with van der Waals surface area (Å²) in [6.45, 7) is 4.27. The quantitative estimate of drug-likeness (QED) is 0.796. The third kappa shape index (κ3) is 2.12. The Bertz CT molecular complexity index is 397. The second kappa shape index (κ2) is 3.94. The number of benzene rings is 1. The fourth-order valence-electron chi connectivity index (χ4n) is 2.12. The molecule has 2 heteroatoms. The van der Waals surface area contributed by atoms with Crippen LogP contribution >= 0.6 is 0 Å². The summed E-state index contributed by atoms with van der Waals surface area (Å²) in [6, 6.07) is 8.80. The van der Waals surface area contributed by atoms with Gasteiger partial charge in [0.25, 0.3) is 0 Å². The summed E-state index contributed by atoms with van der Waals surface area (Å²) in [6.07, 6.45) is 2.44. The zero-order valence-electron chi connectivity index (χ0n) is 9.25. The maximum atomic E-state index is 9.01. The van der Waals surface area contributed by atoms with Gasteiger partial charge < -0.3 is 5.32 Å². The van der Waals surface area contributed by atoms with Crippen molar-refractivity contribution >= 4 is 5.69 Å². The average molecular weight is 200 g/mol. The lowest BCUT2D eigenvalue weighted by atomic mass is 9.81. The van der Waals surface area contributed by atoms with Crippen LogP contribution in [0.3, 0.4) is 0 Å². The van der Waals surface area contributed by atoms with Crippen LogP contribution in [-0.4, -0.2) is 6.04 Å². The van der Waals surface area contributed by atoms with E-state index in [1.54, 1.807) is 0 Å². The number of hydrogen-bond acceptors (Lipinski definition) is 2. The van der Waals surface area contributed by atoms with Gasteiger partial charge in [0.1, 0.15) is 6.07 Å². The predicted octanol–water partition coefficient (Wildman–Crippen LogP) is 3.08. The lowest BCUT2D eigenvalue weighted by Crippen LogP contribution is -2.33. The zero-order valence-corrected chi connectivity index (χ0v) is 9.25. The van der Waals surface area contributed by atoms with Gasteiger partial charge in [-0.3, -0.25) is 0 Å². The molecule has 78 valence electrons. The molecule has 0 radical (unpaired) electrons. The number of rotatable bonds is 2. The summed E-state index contributed by atoms with van der Waals surface area (Å²) in [5, 5.41) is 12.4. The fourth-order valence-corrected chi connectivity index (χ4v) is 2.12. The minimum atomic E-state index is 0.565. The van der Waals surface area contributed by atoms with Gasteiger partial charge in [-0.05, 0) is 43.4 Å². The Morgan fingerprint density at radius 2 is 2.13 bits per heavy atom. The van der Waals surface area contributed by atoms with E-state index in [2.05, 4.69) is 18.3 Å². The van der Waals surface area contributed by atoms with Crippen LogP contribution in [0.5, 0.6) is 0 Å². The van der Waals surface area contributed by atoms with E-state index in [9.17, 15) is 0 Å². The standard InChI is InChI=1S/C13H16N2/c1-9-3-4-13(11(5-9)8-14)15-12-6-10(2)7-12/h3-5,10,12,15H,6-7H2,1-2H3. The van der Waals surface area contributed by atoms with E-state index in [0.29, 0.717) is 6.04 Å². The number of nitrogens with one attached hydrogen (secondary N) is 1. The first-order valence-corrected chi connectivity index (χ1v) is 5.46. The normalized spacial score (nSPS) is 24.1. The van der Waals surface area contributed by atoms with E-state index in [0.717, 1.165) is 22.7 Å². The Labute approximate surface area is 90.9 Å². The minimum absolute atomic E-state index is 0.565. The van der Waals surface area contributed by atoms with Gasteiger partial charge in [0.15, 0.2) is 0 Å². The highest BCUT2D eigenvalue weighted by Gasteiger charge is 2.25. The molecule has 1 aliphatic carbocycles. The van der Waals surface area contributed by atoms with Gasteiger partial charge >= 0.3 is 0 Å². The smallest absolute Gasteiger partial charge is 0.101 e. The van der Waals surface area contributed by atoms with Crippen LogP contribution in [-0.2, 0) is 0 Å². The number of anilines is 1. The van der Waals surface area contributed by atoms with Crippen LogP contribution in [0.1, 0.15) is 30.9 Å². The monoisotopic (exact) mass is 200 g/mol. The fraction of sp³-hybridized carbons (Fsp3) is 0.462. The summed E-state index contributed by atoms with van der Waals surface area (Å²) in [7, 11) is 0. The molecule has 0 aliphatic heterocycles. The van der Waals surface area contributed by atoms with Crippen LogP contribution < -0.4 is 5.32 Å². The second-order valence-electron chi connectivity index (χ2n) is 4.58. The molecule has 0 atom stereocenters. The summed E-state index contributed by atoms with van der Waals surface area (Å²) in [5.41, 5.74) is 2.88. The molecule has 0 saturated heterocycles. The Morgan fingerprint density at radius 1 is 1.40 bits per heavy atom. The van der Waals surface area contributed by atoms with Crippen molar-refractivity contribution < 1.29 is 0 Å². The van der Waals surface area contributed by atoms with Gasteiger partial charge in [-0.25, -0.2) is 0 Å². The molecule has 2 rings (SSSR count). The summed E-state index contributed by atoms with van der Waals surface area (Å²) < 4.78 is 0. The summed E-state index contributed by atoms with van der Waals surface area (Å²) >= 11 is 0. The number of nitrogens with zero attached hydrogens (tertiary/aromatic N) is 1. The first-order valence-electron chi connectivity index (χ1n) is 5.46. The van der Waals surface area contributed by atoms with Gasteiger partial charge in [0.05, 0.1) is 11.3 Å². The van der Waals surface area contributed by atoms with E-state index in [1.165, 1.54) is 12.8 Å². The van der Waals surface area contributed by atoms with Crippen molar-refractivity contribution in [1.82, 2.24) is 0 Å². The molecule has 1 aliphatic rings. The summed E-state index contributed by atoms with van der Waals surface area (Å²) in [5.74, 6) is 0.832. The highest BCUT2D eigenvalue weighted by molar-refractivity contribution is 5.59. The van der Waals surface area contributed by atoms with Crippen molar-refractivity contribution in [3.63, 3.8) is 0 Å². The zero-order chi connectivity index (χ0) is 10.8. The Morgan fingerprint density at radius 3 is 2.73 bits per heavy atom. The molecule has 2 nitrogen and oxygen atoms in total. The first-order chi connectivity index (χ1) is 7.19. The third-order valence-electron chi connectivity index (χ3n) is 3.03. The molecule has 1 N–H and O–H groups in total. The number of hydrogen-bond donors (Lipinski definition) is 1. The molecule has 1 aromatic carbocycles. The molecule has 0 aromatic heterocycles. The molecule has 15 heavy (non-hydrogen) atoms. The maximum absolute atomic E-state index is 9.01. The number of nitriles is 1. The Kier molecular flexibility index (Phi) is 2.64. The van der Waals surface area contributed by atoms with Crippen LogP contribution in [0.25, 0.3) is 0 Å². The van der Waals surface area contributed by atoms with Crippen molar-refractivity contribution in [3.8, 4) is 6.07 Å².